The van der Waals surface area contributed by atoms with Gasteiger partial charge in [-0.15, -0.1) is 0 Å². The molecule has 3 heteroatoms. The summed E-state index contributed by atoms with van der Waals surface area (Å²) in [6.45, 7) is 2.02. The van der Waals surface area contributed by atoms with Gasteiger partial charge in [0, 0.05) is 0 Å². The number of carboxylic acids is 1. The van der Waals surface area contributed by atoms with E-state index in [1.165, 1.54) is 0 Å². The highest BCUT2D eigenvalue weighted by Crippen LogP contribution is 2.30. The molecular weight excluding hydrogens is 240 g/mol. The number of carbonyl (C=O) groups is 1. The van der Waals surface area contributed by atoms with Crippen LogP contribution in [0.4, 0.5) is 0 Å². The second kappa shape index (κ2) is 5.57. The Bertz CT molecular complexity index is 603. The molecule has 2 rings (SSSR count). The molecule has 2 aromatic rings. The minimum absolute atomic E-state index is 0.0130. The van der Waals surface area contributed by atoms with Crippen molar-refractivity contribution >= 4 is 5.97 Å². The minimum Gasteiger partial charge on any atom is -0.497 e. The van der Waals surface area contributed by atoms with Crippen LogP contribution in [0.25, 0.3) is 11.1 Å². The van der Waals surface area contributed by atoms with E-state index in [0.717, 1.165) is 22.3 Å². The molecule has 0 atom stereocenters. The van der Waals surface area contributed by atoms with Gasteiger partial charge in [0.25, 0.3) is 0 Å². The van der Waals surface area contributed by atoms with Gasteiger partial charge in [0.15, 0.2) is 0 Å². The maximum Gasteiger partial charge on any atom is 0.307 e. The highest BCUT2D eigenvalue weighted by Gasteiger charge is 2.11. The van der Waals surface area contributed by atoms with Gasteiger partial charge in [-0.25, -0.2) is 0 Å². The summed E-state index contributed by atoms with van der Waals surface area (Å²) in [5, 5.41) is 9.03. The molecular formula is C16H16O3. The van der Waals surface area contributed by atoms with Gasteiger partial charge in [-0.2, -0.15) is 0 Å². The molecule has 0 aliphatic heterocycles. The first-order valence-electron chi connectivity index (χ1n) is 6.06. The van der Waals surface area contributed by atoms with E-state index >= 15 is 0 Å². The molecule has 3 nitrogen and oxygen atoms in total. The van der Waals surface area contributed by atoms with E-state index in [-0.39, 0.29) is 6.42 Å². The van der Waals surface area contributed by atoms with Crippen molar-refractivity contribution in [3.8, 4) is 16.9 Å². The van der Waals surface area contributed by atoms with Crippen LogP contribution in [-0.2, 0) is 11.2 Å². The lowest BCUT2D eigenvalue weighted by atomic mass is 9.94. The predicted octanol–water partition coefficient (Wildman–Crippen LogP) is 3.30. The number of benzene rings is 2. The Labute approximate surface area is 112 Å². The molecule has 0 saturated heterocycles. The highest BCUT2D eigenvalue weighted by atomic mass is 16.5. The number of ether oxygens (including phenoxy) is 1. The van der Waals surface area contributed by atoms with Crippen LogP contribution in [0.1, 0.15) is 11.1 Å². The molecule has 19 heavy (non-hydrogen) atoms. The van der Waals surface area contributed by atoms with Crippen molar-refractivity contribution in [1.82, 2.24) is 0 Å². The number of hydrogen-bond acceptors (Lipinski definition) is 2. The van der Waals surface area contributed by atoms with Gasteiger partial charge in [0.05, 0.1) is 13.5 Å². The number of aryl methyl sites for hydroxylation is 1. The zero-order valence-electron chi connectivity index (χ0n) is 11.0. The van der Waals surface area contributed by atoms with Crippen LogP contribution < -0.4 is 4.74 Å². The maximum absolute atomic E-state index is 11.0. The SMILES string of the molecule is COc1ccc(-c2ccccc2C)c(CC(=O)O)c1. The quantitative estimate of drug-likeness (QED) is 0.913. The van der Waals surface area contributed by atoms with Crippen LogP contribution >= 0.6 is 0 Å². The van der Waals surface area contributed by atoms with Crippen LogP contribution in [-0.4, -0.2) is 18.2 Å². The topological polar surface area (TPSA) is 46.5 Å². The van der Waals surface area contributed by atoms with E-state index in [9.17, 15) is 4.79 Å². The molecule has 2 aromatic carbocycles. The molecule has 0 unspecified atom stereocenters. The molecule has 0 radical (unpaired) electrons. The fourth-order valence-electron chi connectivity index (χ4n) is 2.14. The largest absolute Gasteiger partial charge is 0.497 e. The summed E-state index contributed by atoms with van der Waals surface area (Å²) >= 11 is 0. The molecule has 0 spiro atoms. The van der Waals surface area contributed by atoms with Crippen LogP contribution in [0.3, 0.4) is 0 Å². The Morgan fingerprint density at radius 2 is 1.89 bits per heavy atom. The average Bonchev–Trinajstić information content (AvgIpc) is 2.39. The lowest BCUT2D eigenvalue weighted by Crippen LogP contribution is -2.02. The molecule has 1 N–H and O–H groups in total. The number of methoxy groups -OCH3 is 1. The van der Waals surface area contributed by atoms with Gasteiger partial charge in [-0.3, -0.25) is 4.79 Å². The number of carboxylic acid groups (broad SMARTS) is 1. The summed E-state index contributed by atoms with van der Waals surface area (Å²) in [7, 11) is 1.58. The van der Waals surface area contributed by atoms with E-state index in [1.807, 2.05) is 43.3 Å². The first-order valence-corrected chi connectivity index (χ1v) is 6.06. The van der Waals surface area contributed by atoms with Gasteiger partial charge in [-0.1, -0.05) is 30.3 Å². The summed E-state index contributed by atoms with van der Waals surface area (Å²) in [4.78, 5) is 11.0. The fraction of sp³-hybridized carbons (Fsp3) is 0.188. The second-order valence-electron chi connectivity index (χ2n) is 4.41. The van der Waals surface area contributed by atoms with Crippen molar-refractivity contribution in [3.63, 3.8) is 0 Å². The summed E-state index contributed by atoms with van der Waals surface area (Å²) in [6.07, 6.45) is -0.0130. The Hall–Kier alpha value is -2.29. The van der Waals surface area contributed by atoms with E-state index in [1.54, 1.807) is 13.2 Å². The Morgan fingerprint density at radius 3 is 2.53 bits per heavy atom. The average molecular weight is 256 g/mol. The van der Waals surface area contributed by atoms with Crippen LogP contribution in [0.2, 0.25) is 0 Å². The highest BCUT2D eigenvalue weighted by molar-refractivity contribution is 5.78. The first-order chi connectivity index (χ1) is 9.11. The van der Waals surface area contributed by atoms with Crippen molar-refractivity contribution in [1.29, 1.82) is 0 Å². The van der Waals surface area contributed by atoms with E-state index in [0.29, 0.717) is 5.75 Å². The molecule has 0 aliphatic carbocycles. The molecule has 0 fully saturated rings. The summed E-state index contributed by atoms with van der Waals surface area (Å²) in [5.41, 5.74) is 3.89. The molecule has 98 valence electrons. The van der Waals surface area contributed by atoms with Crippen LogP contribution in [0.5, 0.6) is 5.75 Å². The molecule has 0 amide bonds. The van der Waals surface area contributed by atoms with Crippen LogP contribution in [0, 0.1) is 6.92 Å². The molecule has 0 heterocycles. The summed E-state index contributed by atoms with van der Waals surface area (Å²) < 4.78 is 5.16. The maximum atomic E-state index is 11.0. The van der Waals surface area contributed by atoms with Crippen molar-refractivity contribution in [2.75, 3.05) is 7.11 Å². The number of hydrogen-bond donors (Lipinski definition) is 1. The second-order valence-corrected chi connectivity index (χ2v) is 4.41. The number of aliphatic carboxylic acids is 1. The lowest BCUT2D eigenvalue weighted by Gasteiger charge is -2.12. The molecule has 0 bridgehead atoms. The van der Waals surface area contributed by atoms with Crippen molar-refractivity contribution in [2.45, 2.75) is 13.3 Å². The van der Waals surface area contributed by atoms with E-state index in [2.05, 4.69) is 0 Å². The predicted molar refractivity (Wildman–Crippen MR) is 74.5 cm³/mol. The molecule has 0 saturated carbocycles. The van der Waals surface area contributed by atoms with Gasteiger partial charge in [-0.05, 0) is 41.3 Å². The van der Waals surface area contributed by atoms with Gasteiger partial charge >= 0.3 is 5.97 Å². The monoisotopic (exact) mass is 256 g/mol. The Balaban J connectivity index is 2.56. The Morgan fingerprint density at radius 1 is 1.16 bits per heavy atom. The van der Waals surface area contributed by atoms with Crippen molar-refractivity contribution in [3.05, 3.63) is 53.6 Å². The molecule has 0 aromatic heterocycles. The van der Waals surface area contributed by atoms with Gasteiger partial charge < -0.3 is 9.84 Å². The van der Waals surface area contributed by atoms with Crippen molar-refractivity contribution < 1.29 is 14.6 Å². The van der Waals surface area contributed by atoms with Crippen LogP contribution in [0.15, 0.2) is 42.5 Å². The van der Waals surface area contributed by atoms with E-state index < -0.39 is 5.97 Å². The fourth-order valence-corrected chi connectivity index (χ4v) is 2.14. The van der Waals surface area contributed by atoms with Gasteiger partial charge in [0.1, 0.15) is 5.75 Å². The zero-order chi connectivity index (χ0) is 13.8. The lowest BCUT2D eigenvalue weighted by molar-refractivity contribution is -0.136. The third kappa shape index (κ3) is 2.94. The zero-order valence-corrected chi connectivity index (χ0v) is 11.0. The van der Waals surface area contributed by atoms with Crippen molar-refractivity contribution in [2.24, 2.45) is 0 Å². The van der Waals surface area contributed by atoms with Gasteiger partial charge in [0.2, 0.25) is 0 Å². The summed E-state index contributed by atoms with van der Waals surface area (Å²) in [6, 6.07) is 13.5. The summed E-state index contributed by atoms with van der Waals surface area (Å²) in [5.74, 6) is -0.170. The first kappa shape index (κ1) is 13.1. The number of rotatable bonds is 4. The smallest absolute Gasteiger partial charge is 0.307 e. The third-order valence-corrected chi connectivity index (χ3v) is 3.09. The standard InChI is InChI=1S/C16H16O3/c1-11-5-3-4-6-14(11)15-8-7-13(19-2)9-12(15)10-16(17)18/h3-9H,10H2,1-2H3,(H,17,18). The minimum atomic E-state index is -0.844. The van der Waals surface area contributed by atoms with E-state index in [4.69, 9.17) is 9.84 Å². The Kier molecular flexibility index (Phi) is 3.85. The molecule has 0 aliphatic rings. The normalized spacial score (nSPS) is 10.2. The third-order valence-electron chi connectivity index (χ3n) is 3.09.